The molecule has 12 heavy (non-hydrogen) atoms. The zero-order valence-electron chi connectivity index (χ0n) is 7.65. The highest BCUT2D eigenvalue weighted by molar-refractivity contribution is 6.53. The van der Waals surface area contributed by atoms with Gasteiger partial charge in [0.1, 0.15) is 0 Å². The maximum Gasteiger partial charge on any atom is 0.514 e. The number of hydrogen-bond acceptors (Lipinski definition) is 4. The van der Waals surface area contributed by atoms with Gasteiger partial charge in [-0.1, -0.05) is 0 Å². The Morgan fingerprint density at radius 1 is 1.42 bits per heavy atom. The van der Waals surface area contributed by atoms with Crippen LogP contribution in [0.15, 0.2) is 21.8 Å². The standard InChI is InChI=1S/C7H13BN2O2/c1-5-10-7(6-9-2)8(11-3)12-4/h5-6H,2H2,1,3-4H3/b7-6-,10-5-. The fourth-order valence-electron chi connectivity index (χ4n) is 0.735. The zero-order chi connectivity index (χ0) is 9.40. The third-order valence-electron chi connectivity index (χ3n) is 1.17. The molecule has 0 amide bonds. The lowest BCUT2D eigenvalue weighted by molar-refractivity contribution is 0.286. The predicted octanol–water partition coefficient (Wildman–Crippen LogP) is 0.939. The van der Waals surface area contributed by atoms with E-state index in [2.05, 4.69) is 16.7 Å². The second kappa shape index (κ2) is 6.76. The Morgan fingerprint density at radius 3 is 2.33 bits per heavy atom. The summed E-state index contributed by atoms with van der Waals surface area (Å²) in [6, 6.07) is 0. The van der Waals surface area contributed by atoms with Crippen molar-refractivity contribution in [3.05, 3.63) is 11.8 Å². The van der Waals surface area contributed by atoms with Crippen LogP contribution in [0.1, 0.15) is 6.92 Å². The second-order valence-electron chi connectivity index (χ2n) is 1.93. The number of hydrogen-bond donors (Lipinski definition) is 0. The van der Waals surface area contributed by atoms with Gasteiger partial charge in [-0.05, 0) is 13.6 Å². The van der Waals surface area contributed by atoms with E-state index in [1.165, 1.54) is 20.4 Å². The van der Waals surface area contributed by atoms with E-state index in [1.54, 1.807) is 13.1 Å². The van der Waals surface area contributed by atoms with Crippen LogP contribution in [0.5, 0.6) is 0 Å². The molecule has 0 saturated carbocycles. The van der Waals surface area contributed by atoms with Gasteiger partial charge in [0.05, 0.1) is 5.60 Å². The van der Waals surface area contributed by atoms with Crippen LogP contribution in [-0.4, -0.2) is 34.3 Å². The third-order valence-corrected chi connectivity index (χ3v) is 1.17. The molecule has 0 fully saturated rings. The highest BCUT2D eigenvalue weighted by atomic mass is 16.6. The predicted molar refractivity (Wildman–Crippen MR) is 51.6 cm³/mol. The Kier molecular flexibility index (Phi) is 6.23. The average molecular weight is 168 g/mol. The van der Waals surface area contributed by atoms with Crippen LogP contribution < -0.4 is 0 Å². The summed E-state index contributed by atoms with van der Waals surface area (Å²) in [6.07, 6.45) is 3.14. The molecule has 0 radical (unpaired) electrons. The zero-order valence-corrected chi connectivity index (χ0v) is 7.65. The van der Waals surface area contributed by atoms with Crippen molar-refractivity contribution in [3.8, 4) is 0 Å². The van der Waals surface area contributed by atoms with E-state index in [1.807, 2.05) is 0 Å². The molecule has 0 rings (SSSR count). The van der Waals surface area contributed by atoms with Crippen LogP contribution in [-0.2, 0) is 9.31 Å². The summed E-state index contributed by atoms with van der Waals surface area (Å²) in [5.41, 5.74) is 0.595. The molecule has 0 bridgehead atoms. The van der Waals surface area contributed by atoms with E-state index in [0.29, 0.717) is 5.60 Å². The Bertz CT molecular complexity index is 188. The van der Waals surface area contributed by atoms with Gasteiger partial charge < -0.3 is 9.31 Å². The molecule has 0 heterocycles. The maximum atomic E-state index is 4.97. The van der Waals surface area contributed by atoms with Crippen molar-refractivity contribution < 1.29 is 9.31 Å². The molecular weight excluding hydrogens is 155 g/mol. The lowest BCUT2D eigenvalue weighted by atomic mass is 9.85. The van der Waals surface area contributed by atoms with Crippen LogP contribution in [0.25, 0.3) is 0 Å². The monoisotopic (exact) mass is 168 g/mol. The largest absolute Gasteiger partial charge is 0.514 e. The Labute approximate surface area is 73.1 Å². The van der Waals surface area contributed by atoms with Gasteiger partial charge in [0.15, 0.2) is 0 Å². The molecule has 0 atom stereocenters. The van der Waals surface area contributed by atoms with E-state index in [0.717, 1.165) is 0 Å². The van der Waals surface area contributed by atoms with Gasteiger partial charge in [-0.2, -0.15) is 0 Å². The molecule has 5 heteroatoms. The summed E-state index contributed by atoms with van der Waals surface area (Å²) in [7, 11) is 2.60. The number of rotatable bonds is 5. The SMILES string of the molecule is C=N/C=C(\N=C/C)B(OC)OC. The molecule has 0 aromatic carbocycles. The van der Waals surface area contributed by atoms with Crippen molar-refractivity contribution in [1.82, 2.24) is 0 Å². The molecular formula is C7H13BN2O2. The normalized spacial score (nSPS) is 12.1. The minimum atomic E-state index is -0.480. The molecule has 0 saturated heterocycles. The second-order valence-corrected chi connectivity index (χ2v) is 1.93. The lowest BCUT2D eigenvalue weighted by Gasteiger charge is -2.06. The molecule has 4 nitrogen and oxygen atoms in total. The number of aliphatic imine (C=N–C) groups is 2. The summed E-state index contributed by atoms with van der Waals surface area (Å²) < 4.78 is 9.95. The van der Waals surface area contributed by atoms with Crippen molar-refractivity contribution in [1.29, 1.82) is 0 Å². The minimum Gasteiger partial charge on any atom is -0.409 e. The average Bonchev–Trinajstić information content (AvgIpc) is 2.07. The fraction of sp³-hybridized carbons (Fsp3) is 0.429. The molecule has 0 unspecified atom stereocenters. The van der Waals surface area contributed by atoms with Gasteiger partial charge in [0, 0.05) is 26.6 Å². The molecule has 66 valence electrons. The molecule has 0 aliphatic rings. The first-order valence-corrected chi connectivity index (χ1v) is 3.50. The van der Waals surface area contributed by atoms with E-state index in [9.17, 15) is 0 Å². The van der Waals surface area contributed by atoms with Crippen LogP contribution in [0.4, 0.5) is 0 Å². The van der Waals surface area contributed by atoms with E-state index in [-0.39, 0.29) is 0 Å². The third kappa shape index (κ3) is 3.45. The molecule has 0 aliphatic heterocycles. The van der Waals surface area contributed by atoms with Crippen molar-refractivity contribution >= 4 is 20.1 Å². The lowest BCUT2D eigenvalue weighted by Crippen LogP contribution is -2.21. The molecule has 0 aromatic rings. The van der Waals surface area contributed by atoms with Crippen molar-refractivity contribution in [2.45, 2.75) is 6.92 Å². The van der Waals surface area contributed by atoms with Gasteiger partial charge in [0.2, 0.25) is 0 Å². The van der Waals surface area contributed by atoms with Gasteiger partial charge in [-0.3, -0.25) is 9.98 Å². The van der Waals surface area contributed by atoms with E-state index < -0.39 is 7.12 Å². The van der Waals surface area contributed by atoms with Crippen LogP contribution >= 0.6 is 0 Å². The highest BCUT2D eigenvalue weighted by Gasteiger charge is 2.20. The van der Waals surface area contributed by atoms with E-state index >= 15 is 0 Å². The van der Waals surface area contributed by atoms with Crippen molar-refractivity contribution in [2.24, 2.45) is 9.98 Å². The Morgan fingerprint density at radius 2 is 2.00 bits per heavy atom. The smallest absolute Gasteiger partial charge is 0.409 e. The number of nitrogens with zero attached hydrogens (tertiary/aromatic N) is 2. The van der Waals surface area contributed by atoms with Crippen molar-refractivity contribution in [2.75, 3.05) is 14.2 Å². The fourth-order valence-corrected chi connectivity index (χ4v) is 0.735. The quantitative estimate of drug-likeness (QED) is 0.452. The van der Waals surface area contributed by atoms with Crippen LogP contribution in [0, 0.1) is 0 Å². The van der Waals surface area contributed by atoms with Crippen molar-refractivity contribution in [3.63, 3.8) is 0 Å². The highest BCUT2D eigenvalue weighted by Crippen LogP contribution is 2.03. The van der Waals surface area contributed by atoms with Crippen LogP contribution in [0.2, 0.25) is 0 Å². The van der Waals surface area contributed by atoms with Crippen LogP contribution in [0.3, 0.4) is 0 Å². The summed E-state index contributed by atoms with van der Waals surface area (Å²) in [5, 5.41) is 0. The Hall–Kier alpha value is -0.935. The summed E-state index contributed by atoms with van der Waals surface area (Å²) >= 11 is 0. The van der Waals surface area contributed by atoms with Gasteiger partial charge in [-0.15, -0.1) is 0 Å². The molecule has 0 spiro atoms. The Balaban J connectivity index is 4.46. The maximum absolute atomic E-state index is 4.97. The van der Waals surface area contributed by atoms with Gasteiger partial charge in [0.25, 0.3) is 0 Å². The molecule has 0 aromatic heterocycles. The molecule has 0 N–H and O–H groups in total. The first-order valence-electron chi connectivity index (χ1n) is 3.50. The van der Waals surface area contributed by atoms with Gasteiger partial charge >= 0.3 is 7.12 Å². The first kappa shape index (κ1) is 11.1. The summed E-state index contributed by atoms with van der Waals surface area (Å²) in [6.45, 7) is 5.13. The topological polar surface area (TPSA) is 43.2 Å². The van der Waals surface area contributed by atoms with E-state index in [4.69, 9.17) is 9.31 Å². The molecule has 0 aliphatic carbocycles. The minimum absolute atomic E-state index is 0.480. The summed E-state index contributed by atoms with van der Waals surface area (Å²) in [5.74, 6) is 0. The summed E-state index contributed by atoms with van der Waals surface area (Å²) in [4.78, 5) is 7.59. The van der Waals surface area contributed by atoms with Gasteiger partial charge in [-0.25, -0.2) is 0 Å². The first-order chi connectivity index (χ1) is 5.79.